The second kappa shape index (κ2) is 6.02. The molecular weight excluding hydrogens is 285 g/mol. The normalized spacial score (nSPS) is 13.6. The van der Waals surface area contributed by atoms with Crippen LogP contribution in [0.2, 0.25) is 10.0 Å². The Morgan fingerprint density at radius 2 is 2.06 bits per heavy atom. The topological polar surface area (TPSA) is 55.4 Å². The zero-order valence-electron chi connectivity index (χ0n) is 9.41. The number of methoxy groups -OCH3 is 1. The highest BCUT2D eigenvalue weighted by molar-refractivity contribution is 7.89. The third kappa shape index (κ3) is 3.82. The van der Waals surface area contributed by atoms with Crippen LogP contribution in [-0.2, 0) is 14.8 Å². The maximum Gasteiger partial charge on any atom is 0.242 e. The Kier molecular flexibility index (Phi) is 5.22. The van der Waals surface area contributed by atoms with Crippen LogP contribution in [0.4, 0.5) is 0 Å². The molecule has 0 amide bonds. The van der Waals surface area contributed by atoms with Crippen molar-refractivity contribution < 1.29 is 13.2 Å². The summed E-state index contributed by atoms with van der Waals surface area (Å²) in [7, 11) is -2.18. The number of ether oxygens (including phenoxy) is 1. The van der Waals surface area contributed by atoms with E-state index in [0.717, 1.165) is 0 Å². The van der Waals surface area contributed by atoms with Crippen LogP contribution >= 0.6 is 23.2 Å². The standard InChI is InChI=1S/C10H13Cl2NO3S/c1-7(6-16-2)13-17(14,15)9-5-3-4-8(11)10(9)12/h3-5,7,13H,6H2,1-2H3. The van der Waals surface area contributed by atoms with Crippen LogP contribution in [0, 0.1) is 0 Å². The van der Waals surface area contributed by atoms with Gasteiger partial charge in [-0.1, -0.05) is 29.3 Å². The summed E-state index contributed by atoms with van der Waals surface area (Å²) in [6, 6.07) is 4.11. The van der Waals surface area contributed by atoms with E-state index >= 15 is 0 Å². The number of rotatable bonds is 5. The SMILES string of the molecule is COCC(C)NS(=O)(=O)c1cccc(Cl)c1Cl. The Morgan fingerprint density at radius 3 is 2.65 bits per heavy atom. The summed E-state index contributed by atoms with van der Waals surface area (Å²) in [6.45, 7) is 1.97. The molecule has 0 aliphatic heterocycles. The molecule has 96 valence electrons. The Hall–Kier alpha value is -0.330. The van der Waals surface area contributed by atoms with Gasteiger partial charge in [-0.25, -0.2) is 13.1 Å². The minimum Gasteiger partial charge on any atom is -0.383 e. The molecule has 1 N–H and O–H groups in total. The van der Waals surface area contributed by atoms with E-state index in [-0.39, 0.29) is 27.6 Å². The summed E-state index contributed by atoms with van der Waals surface area (Å²) in [4.78, 5) is -0.0328. The Bertz CT molecular complexity index is 490. The molecule has 0 aliphatic rings. The summed E-state index contributed by atoms with van der Waals surface area (Å²) < 4.78 is 31.3. The van der Waals surface area contributed by atoms with E-state index in [1.54, 1.807) is 6.92 Å². The minimum atomic E-state index is -3.68. The van der Waals surface area contributed by atoms with Crippen LogP contribution in [0.15, 0.2) is 23.1 Å². The first-order valence-corrected chi connectivity index (χ1v) is 7.07. The summed E-state index contributed by atoms with van der Waals surface area (Å²) in [5, 5.41) is 0.222. The van der Waals surface area contributed by atoms with Crippen LogP contribution in [-0.4, -0.2) is 28.2 Å². The minimum absolute atomic E-state index is 0.0197. The summed E-state index contributed by atoms with van der Waals surface area (Å²) in [5.74, 6) is 0. The van der Waals surface area contributed by atoms with E-state index < -0.39 is 10.0 Å². The van der Waals surface area contributed by atoms with Gasteiger partial charge in [0.05, 0.1) is 16.7 Å². The molecule has 0 fully saturated rings. The third-order valence-electron chi connectivity index (χ3n) is 1.98. The monoisotopic (exact) mass is 297 g/mol. The molecule has 17 heavy (non-hydrogen) atoms. The molecule has 0 spiro atoms. The van der Waals surface area contributed by atoms with Crippen LogP contribution < -0.4 is 4.72 Å². The van der Waals surface area contributed by atoms with Crippen molar-refractivity contribution >= 4 is 33.2 Å². The fourth-order valence-electron chi connectivity index (χ4n) is 1.30. The maximum absolute atomic E-state index is 12.0. The molecule has 0 bridgehead atoms. The van der Waals surface area contributed by atoms with Gasteiger partial charge >= 0.3 is 0 Å². The highest BCUT2D eigenvalue weighted by Gasteiger charge is 2.21. The summed E-state index contributed by atoms with van der Waals surface area (Å²) >= 11 is 11.6. The van der Waals surface area contributed by atoms with Crippen molar-refractivity contribution in [2.24, 2.45) is 0 Å². The number of nitrogens with one attached hydrogen (secondary N) is 1. The van der Waals surface area contributed by atoms with E-state index in [0.29, 0.717) is 0 Å². The third-order valence-corrected chi connectivity index (χ3v) is 4.54. The zero-order valence-corrected chi connectivity index (χ0v) is 11.7. The molecule has 7 heteroatoms. The fraction of sp³-hybridized carbons (Fsp3) is 0.400. The first-order valence-electron chi connectivity index (χ1n) is 4.83. The molecule has 1 aromatic carbocycles. The lowest BCUT2D eigenvalue weighted by atomic mass is 10.4. The van der Waals surface area contributed by atoms with Gasteiger partial charge < -0.3 is 4.74 Å². The Labute approximate surface area is 111 Å². The first-order chi connectivity index (χ1) is 7.88. The van der Waals surface area contributed by atoms with E-state index in [1.807, 2.05) is 0 Å². The molecule has 1 rings (SSSR count). The van der Waals surface area contributed by atoms with Crippen molar-refractivity contribution in [3.63, 3.8) is 0 Å². The number of benzene rings is 1. The van der Waals surface area contributed by atoms with Gasteiger partial charge in [-0.05, 0) is 19.1 Å². The van der Waals surface area contributed by atoms with Gasteiger partial charge in [-0.15, -0.1) is 0 Å². The summed E-state index contributed by atoms with van der Waals surface area (Å²) in [5.41, 5.74) is 0. The highest BCUT2D eigenvalue weighted by Crippen LogP contribution is 2.28. The smallest absolute Gasteiger partial charge is 0.242 e. The molecule has 1 atom stereocenters. The molecule has 0 heterocycles. The van der Waals surface area contributed by atoms with E-state index in [2.05, 4.69) is 4.72 Å². The van der Waals surface area contributed by atoms with Gasteiger partial charge in [0.1, 0.15) is 4.90 Å². The molecule has 0 saturated heterocycles. The summed E-state index contributed by atoms with van der Waals surface area (Å²) in [6.07, 6.45) is 0. The van der Waals surface area contributed by atoms with Crippen molar-refractivity contribution in [2.45, 2.75) is 17.9 Å². The van der Waals surface area contributed by atoms with Crippen molar-refractivity contribution in [1.82, 2.24) is 4.72 Å². The maximum atomic E-state index is 12.0. The predicted molar refractivity (Wildman–Crippen MR) is 68.1 cm³/mol. The van der Waals surface area contributed by atoms with E-state index in [1.165, 1.54) is 25.3 Å². The molecule has 0 aromatic heterocycles. The lowest BCUT2D eigenvalue weighted by Crippen LogP contribution is -2.35. The largest absolute Gasteiger partial charge is 0.383 e. The molecule has 4 nitrogen and oxygen atoms in total. The lowest BCUT2D eigenvalue weighted by Gasteiger charge is -2.14. The van der Waals surface area contributed by atoms with Crippen molar-refractivity contribution in [3.8, 4) is 0 Å². The number of hydrogen-bond acceptors (Lipinski definition) is 3. The quantitative estimate of drug-likeness (QED) is 0.907. The molecule has 1 aromatic rings. The number of halogens is 2. The second-order valence-electron chi connectivity index (χ2n) is 3.53. The number of sulfonamides is 1. The van der Waals surface area contributed by atoms with Crippen molar-refractivity contribution in [2.75, 3.05) is 13.7 Å². The molecule has 0 aliphatic carbocycles. The van der Waals surface area contributed by atoms with Crippen molar-refractivity contribution in [1.29, 1.82) is 0 Å². The Balaban J connectivity index is 3.02. The zero-order chi connectivity index (χ0) is 13.1. The van der Waals surface area contributed by atoms with Gasteiger partial charge in [-0.3, -0.25) is 0 Å². The lowest BCUT2D eigenvalue weighted by molar-refractivity contribution is 0.180. The fourth-order valence-corrected chi connectivity index (χ4v) is 3.29. The van der Waals surface area contributed by atoms with Gasteiger partial charge in [0, 0.05) is 13.2 Å². The molecule has 0 radical (unpaired) electrons. The predicted octanol–water partition coefficient (Wildman–Crippen LogP) is 2.31. The highest BCUT2D eigenvalue weighted by atomic mass is 35.5. The first kappa shape index (κ1) is 14.7. The van der Waals surface area contributed by atoms with Crippen LogP contribution in [0.25, 0.3) is 0 Å². The Morgan fingerprint density at radius 1 is 1.41 bits per heavy atom. The van der Waals surface area contributed by atoms with Gasteiger partial charge in [0.25, 0.3) is 0 Å². The van der Waals surface area contributed by atoms with E-state index in [4.69, 9.17) is 27.9 Å². The molecule has 0 saturated carbocycles. The van der Waals surface area contributed by atoms with Crippen LogP contribution in [0.3, 0.4) is 0 Å². The van der Waals surface area contributed by atoms with E-state index in [9.17, 15) is 8.42 Å². The van der Waals surface area contributed by atoms with Crippen LogP contribution in [0.5, 0.6) is 0 Å². The van der Waals surface area contributed by atoms with Gasteiger partial charge in [0.2, 0.25) is 10.0 Å². The molecular formula is C10H13Cl2NO3S. The second-order valence-corrected chi connectivity index (χ2v) is 6.00. The average Bonchev–Trinajstić information content (AvgIpc) is 2.21. The number of hydrogen-bond donors (Lipinski definition) is 1. The van der Waals surface area contributed by atoms with Gasteiger partial charge in [-0.2, -0.15) is 0 Å². The van der Waals surface area contributed by atoms with Crippen LogP contribution in [0.1, 0.15) is 6.92 Å². The van der Waals surface area contributed by atoms with Crippen molar-refractivity contribution in [3.05, 3.63) is 28.2 Å². The van der Waals surface area contributed by atoms with Gasteiger partial charge in [0.15, 0.2) is 0 Å². The molecule has 1 unspecified atom stereocenters. The average molecular weight is 298 g/mol.